The number of benzene rings is 2. The second-order valence-electron chi connectivity index (χ2n) is 7.19. The number of carbonyl (C=O) groups excluding carboxylic acids is 1. The Morgan fingerprint density at radius 3 is 2.50 bits per heavy atom. The number of hydrogen-bond acceptors (Lipinski definition) is 7. The molecule has 0 bridgehead atoms. The van der Waals surface area contributed by atoms with Crippen LogP contribution in [0.15, 0.2) is 66.0 Å². The van der Waals surface area contributed by atoms with Crippen LogP contribution in [0.5, 0.6) is 5.75 Å². The number of amides is 1. The van der Waals surface area contributed by atoms with Crippen molar-refractivity contribution in [3.8, 4) is 5.75 Å². The third-order valence-corrected chi connectivity index (χ3v) is 6.33. The SMILES string of the molecule is COc1ccc(N2CCN(c3ccnc(SCC(=O)Nc4ccccc4Cl)n3)CC2)cc1. The summed E-state index contributed by atoms with van der Waals surface area (Å²) in [5.74, 6) is 1.80. The number of rotatable bonds is 7. The van der Waals surface area contributed by atoms with Crippen molar-refractivity contribution in [3.63, 3.8) is 0 Å². The van der Waals surface area contributed by atoms with Crippen molar-refractivity contribution in [2.75, 3.05) is 54.2 Å². The molecule has 1 N–H and O–H groups in total. The fourth-order valence-corrected chi connectivity index (χ4v) is 4.25. The Morgan fingerprint density at radius 2 is 1.78 bits per heavy atom. The van der Waals surface area contributed by atoms with Gasteiger partial charge in [0.2, 0.25) is 5.91 Å². The quantitative estimate of drug-likeness (QED) is 0.410. The summed E-state index contributed by atoms with van der Waals surface area (Å²) in [6.45, 7) is 3.53. The highest BCUT2D eigenvalue weighted by Crippen LogP contribution is 2.24. The molecule has 1 aliphatic rings. The Bertz CT molecular complexity index is 1060. The first-order valence-electron chi connectivity index (χ1n) is 10.3. The van der Waals surface area contributed by atoms with Crippen molar-refractivity contribution in [3.05, 3.63) is 65.8 Å². The van der Waals surface area contributed by atoms with Crippen LogP contribution in [0.25, 0.3) is 0 Å². The monoisotopic (exact) mass is 469 g/mol. The maximum Gasteiger partial charge on any atom is 0.234 e. The zero-order valence-corrected chi connectivity index (χ0v) is 19.3. The van der Waals surface area contributed by atoms with Gasteiger partial charge >= 0.3 is 0 Å². The molecule has 1 aromatic heterocycles. The van der Waals surface area contributed by atoms with E-state index in [1.54, 1.807) is 25.4 Å². The van der Waals surface area contributed by atoms with E-state index in [2.05, 4.69) is 37.2 Å². The molecule has 1 amide bonds. The van der Waals surface area contributed by atoms with E-state index in [4.69, 9.17) is 16.3 Å². The molecule has 32 heavy (non-hydrogen) atoms. The molecule has 2 heterocycles. The second kappa shape index (κ2) is 10.6. The largest absolute Gasteiger partial charge is 0.497 e. The Balaban J connectivity index is 1.30. The molecule has 0 aliphatic carbocycles. The van der Waals surface area contributed by atoms with Gasteiger partial charge in [0.15, 0.2) is 5.16 Å². The Labute approximate surface area is 196 Å². The van der Waals surface area contributed by atoms with Crippen molar-refractivity contribution in [1.82, 2.24) is 9.97 Å². The minimum absolute atomic E-state index is 0.148. The van der Waals surface area contributed by atoms with Gasteiger partial charge < -0.3 is 19.9 Å². The Kier molecular flexibility index (Phi) is 7.34. The van der Waals surface area contributed by atoms with Crippen molar-refractivity contribution < 1.29 is 9.53 Å². The van der Waals surface area contributed by atoms with Crippen molar-refractivity contribution >= 4 is 46.5 Å². The molecule has 7 nitrogen and oxygen atoms in total. The number of ether oxygens (including phenoxy) is 1. The molecule has 0 saturated carbocycles. The third kappa shape index (κ3) is 5.63. The van der Waals surface area contributed by atoms with E-state index in [1.165, 1.54) is 17.4 Å². The average molecular weight is 470 g/mol. The molecular formula is C23H24ClN5O2S. The molecule has 4 rings (SSSR count). The molecule has 0 spiro atoms. The van der Waals surface area contributed by atoms with Crippen LogP contribution < -0.4 is 19.9 Å². The maximum atomic E-state index is 12.3. The van der Waals surface area contributed by atoms with Gasteiger partial charge in [0.25, 0.3) is 0 Å². The number of nitrogens with zero attached hydrogens (tertiary/aromatic N) is 4. The van der Waals surface area contributed by atoms with Gasteiger partial charge in [0, 0.05) is 38.1 Å². The van der Waals surface area contributed by atoms with E-state index in [1.807, 2.05) is 30.3 Å². The maximum absolute atomic E-state index is 12.3. The lowest BCUT2D eigenvalue weighted by Gasteiger charge is -2.36. The highest BCUT2D eigenvalue weighted by molar-refractivity contribution is 7.99. The molecule has 1 fully saturated rings. The second-order valence-corrected chi connectivity index (χ2v) is 8.54. The zero-order chi connectivity index (χ0) is 22.3. The molecule has 3 aromatic rings. The summed E-state index contributed by atoms with van der Waals surface area (Å²) in [6.07, 6.45) is 1.74. The van der Waals surface area contributed by atoms with Crippen LogP contribution >= 0.6 is 23.4 Å². The number of thioether (sulfide) groups is 1. The van der Waals surface area contributed by atoms with E-state index in [9.17, 15) is 4.79 Å². The summed E-state index contributed by atoms with van der Waals surface area (Å²) >= 11 is 7.40. The molecule has 1 aliphatic heterocycles. The minimum Gasteiger partial charge on any atom is -0.497 e. The molecule has 9 heteroatoms. The zero-order valence-electron chi connectivity index (χ0n) is 17.7. The summed E-state index contributed by atoms with van der Waals surface area (Å²) in [5.41, 5.74) is 1.79. The lowest BCUT2D eigenvalue weighted by Crippen LogP contribution is -2.46. The summed E-state index contributed by atoms with van der Waals surface area (Å²) in [7, 11) is 1.67. The first kappa shape index (κ1) is 22.2. The number of hydrogen-bond donors (Lipinski definition) is 1. The van der Waals surface area contributed by atoms with Gasteiger partial charge in [-0.15, -0.1) is 0 Å². The first-order chi connectivity index (χ1) is 15.6. The van der Waals surface area contributed by atoms with Crippen LogP contribution in [0.4, 0.5) is 17.2 Å². The summed E-state index contributed by atoms with van der Waals surface area (Å²) < 4.78 is 5.24. The van der Waals surface area contributed by atoms with E-state index in [-0.39, 0.29) is 11.7 Å². The van der Waals surface area contributed by atoms with Gasteiger partial charge in [0.1, 0.15) is 11.6 Å². The van der Waals surface area contributed by atoms with Crippen molar-refractivity contribution in [2.45, 2.75) is 5.16 Å². The van der Waals surface area contributed by atoms with Gasteiger partial charge in [-0.2, -0.15) is 0 Å². The lowest BCUT2D eigenvalue weighted by molar-refractivity contribution is -0.113. The lowest BCUT2D eigenvalue weighted by atomic mass is 10.2. The number of carbonyl (C=O) groups is 1. The van der Waals surface area contributed by atoms with Crippen molar-refractivity contribution in [1.29, 1.82) is 0 Å². The number of methoxy groups -OCH3 is 1. The van der Waals surface area contributed by atoms with Crippen LogP contribution in [0, 0.1) is 0 Å². The first-order valence-corrected chi connectivity index (χ1v) is 11.6. The van der Waals surface area contributed by atoms with Gasteiger partial charge in [-0.1, -0.05) is 35.5 Å². The van der Waals surface area contributed by atoms with Gasteiger partial charge in [-0.05, 0) is 42.5 Å². The number of anilines is 3. The molecule has 0 radical (unpaired) electrons. The van der Waals surface area contributed by atoms with Gasteiger partial charge in [-0.25, -0.2) is 9.97 Å². The molecular weight excluding hydrogens is 446 g/mol. The van der Waals surface area contributed by atoms with E-state index in [0.717, 1.165) is 37.7 Å². The number of nitrogens with one attached hydrogen (secondary N) is 1. The standard InChI is InChI=1S/C23H24ClN5O2S/c1-31-18-8-6-17(7-9-18)28-12-14-29(15-13-28)21-10-11-25-23(27-21)32-16-22(30)26-20-5-3-2-4-19(20)24/h2-11H,12-16H2,1H3,(H,26,30). The van der Waals surface area contributed by atoms with Crippen LogP contribution in [0.1, 0.15) is 0 Å². The van der Waals surface area contributed by atoms with Crippen molar-refractivity contribution in [2.24, 2.45) is 0 Å². The number of para-hydroxylation sites is 1. The van der Waals surface area contributed by atoms with Crippen LogP contribution in [-0.2, 0) is 4.79 Å². The summed E-state index contributed by atoms with van der Waals surface area (Å²) in [5, 5.41) is 3.91. The van der Waals surface area contributed by atoms with E-state index < -0.39 is 0 Å². The number of aromatic nitrogens is 2. The molecule has 1 saturated heterocycles. The Morgan fingerprint density at radius 1 is 1.06 bits per heavy atom. The van der Waals surface area contributed by atoms with Gasteiger partial charge in [0.05, 0.1) is 23.6 Å². The van der Waals surface area contributed by atoms with E-state index in [0.29, 0.717) is 15.9 Å². The number of halogens is 1. The molecule has 166 valence electrons. The van der Waals surface area contributed by atoms with Crippen LogP contribution in [0.2, 0.25) is 5.02 Å². The topological polar surface area (TPSA) is 70.6 Å². The average Bonchev–Trinajstić information content (AvgIpc) is 2.84. The third-order valence-electron chi connectivity index (χ3n) is 5.14. The Hall–Kier alpha value is -2.97. The highest BCUT2D eigenvalue weighted by Gasteiger charge is 2.19. The normalized spacial score (nSPS) is 13.7. The van der Waals surface area contributed by atoms with E-state index >= 15 is 0 Å². The number of piperazine rings is 1. The minimum atomic E-state index is -0.148. The molecule has 2 aromatic carbocycles. The summed E-state index contributed by atoms with van der Waals surface area (Å²) in [4.78, 5) is 25.8. The fourth-order valence-electron chi connectivity index (χ4n) is 3.44. The fraction of sp³-hybridized carbons (Fsp3) is 0.261. The van der Waals surface area contributed by atoms with Crippen LogP contribution in [-0.4, -0.2) is 54.9 Å². The highest BCUT2D eigenvalue weighted by atomic mass is 35.5. The van der Waals surface area contributed by atoms with Gasteiger partial charge in [-0.3, -0.25) is 4.79 Å². The van der Waals surface area contributed by atoms with Crippen LogP contribution in [0.3, 0.4) is 0 Å². The predicted octanol–water partition coefficient (Wildman–Crippen LogP) is 4.20. The summed E-state index contributed by atoms with van der Waals surface area (Å²) in [6, 6.07) is 17.2. The molecule has 0 atom stereocenters. The smallest absolute Gasteiger partial charge is 0.234 e. The molecule has 0 unspecified atom stereocenters. The predicted molar refractivity (Wildman–Crippen MR) is 130 cm³/mol.